The van der Waals surface area contributed by atoms with Gasteiger partial charge in [-0.2, -0.15) is 0 Å². The molecule has 0 saturated carbocycles. The molecule has 5 heteroatoms. The Morgan fingerprint density at radius 1 is 1.44 bits per heavy atom. The van der Waals surface area contributed by atoms with Crippen LogP contribution < -0.4 is 0 Å². The second-order valence-corrected chi connectivity index (χ2v) is 5.03. The fraction of sp³-hybridized carbons (Fsp3) is 0.455. The SMILES string of the molecule is OC1COC(CCl)(c2ccc(Cl)cc2Cl)C1. The van der Waals surface area contributed by atoms with Gasteiger partial charge in [0.05, 0.1) is 18.6 Å². The maximum Gasteiger partial charge on any atom is 0.111 e. The summed E-state index contributed by atoms with van der Waals surface area (Å²) >= 11 is 17.9. The summed E-state index contributed by atoms with van der Waals surface area (Å²) in [6, 6.07) is 5.19. The first kappa shape index (κ1) is 12.5. The molecule has 16 heavy (non-hydrogen) atoms. The zero-order chi connectivity index (χ0) is 11.8. The molecule has 2 rings (SSSR count). The predicted molar refractivity (Wildman–Crippen MR) is 65.4 cm³/mol. The minimum absolute atomic E-state index is 0.255. The van der Waals surface area contributed by atoms with E-state index < -0.39 is 11.7 Å². The van der Waals surface area contributed by atoms with Crippen LogP contribution in [0.15, 0.2) is 18.2 Å². The Hall–Kier alpha value is 0.01000. The van der Waals surface area contributed by atoms with Gasteiger partial charge in [-0.1, -0.05) is 29.3 Å². The molecule has 0 radical (unpaired) electrons. The molecule has 2 nitrogen and oxygen atoms in total. The van der Waals surface area contributed by atoms with Crippen LogP contribution in [0.3, 0.4) is 0 Å². The highest BCUT2D eigenvalue weighted by molar-refractivity contribution is 6.35. The fourth-order valence-electron chi connectivity index (χ4n) is 1.97. The van der Waals surface area contributed by atoms with Crippen LogP contribution in [0.1, 0.15) is 12.0 Å². The van der Waals surface area contributed by atoms with Gasteiger partial charge < -0.3 is 9.84 Å². The fourth-order valence-corrected chi connectivity index (χ4v) is 2.88. The molecule has 2 atom stereocenters. The van der Waals surface area contributed by atoms with E-state index in [4.69, 9.17) is 39.5 Å². The third-order valence-corrected chi connectivity index (χ3v) is 3.73. The monoisotopic (exact) mass is 280 g/mol. The van der Waals surface area contributed by atoms with Crippen LogP contribution in [-0.2, 0) is 10.3 Å². The Labute approximate surface area is 109 Å². The molecule has 1 aliphatic rings. The number of aliphatic hydroxyl groups is 1. The third kappa shape index (κ3) is 2.18. The van der Waals surface area contributed by atoms with Gasteiger partial charge in [-0.25, -0.2) is 0 Å². The van der Waals surface area contributed by atoms with Gasteiger partial charge in [0.25, 0.3) is 0 Å². The van der Waals surface area contributed by atoms with Crippen molar-refractivity contribution in [2.45, 2.75) is 18.1 Å². The van der Waals surface area contributed by atoms with E-state index in [1.54, 1.807) is 18.2 Å². The first-order valence-corrected chi connectivity index (χ1v) is 6.20. The van der Waals surface area contributed by atoms with Crippen LogP contribution >= 0.6 is 34.8 Å². The summed E-state index contributed by atoms with van der Waals surface area (Å²) in [6.07, 6.45) is -0.0387. The van der Waals surface area contributed by atoms with Crippen LogP contribution in [0.5, 0.6) is 0 Å². The maximum absolute atomic E-state index is 9.55. The summed E-state index contributed by atoms with van der Waals surface area (Å²) in [5, 5.41) is 10.6. The van der Waals surface area contributed by atoms with Crippen molar-refractivity contribution < 1.29 is 9.84 Å². The molecular formula is C11H11Cl3O2. The molecule has 1 aromatic carbocycles. The van der Waals surface area contributed by atoms with Gasteiger partial charge in [-0.15, -0.1) is 11.6 Å². The largest absolute Gasteiger partial charge is 0.391 e. The van der Waals surface area contributed by atoms with E-state index in [1.165, 1.54) is 0 Å². The summed E-state index contributed by atoms with van der Waals surface area (Å²) < 4.78 is 5.60. The second-order valence-electron chi connectivity index (χ2n) is 3.92. The predicted octanol–water partition coefficient (Wildman–Crippen LogP) is 3.21. The molecule has 1 saturated heterocycles. The van der Waals surface area contributed by atoms with Crippen LogP contribution in [0.4, 0.5) is 0 Å². The minimum Gasteiger partial charge on any atom is -0.391 e. The molecule has 0 bridgehead atoms. The molecule has 0 amide bonds. The first-order chi connectivity index (χ1) is 7.57. The lowest BCUT2D eigenvalue weighted by Crippen LogP contribution is -2.28. The Balaban J connectivity index is 2.41. The summed E-state index contributed by atoms with van der Waals surface area (Å²) in [5.41, 5.74) is 0.0907. The van der Waals surface area contributed by atoms with Gasteiger partial charge in [-0.3, -0.25) is 0 Å². The average Bonchev–Trinajstić information content (AvgIpc) is 2.61. The Kier molecular flexibility index (Phi) is 3.67. The summed E-state index contributed by atoms with van der Waals surface area (Å²) in [4.78, 5) is 0. The van der Waals surface area contributed by atoms with Crippen LogP contribution in [-0.4, -0.2) is 23.7 Å². The number of rotatable bonds is 2. The quantitative estimate of drug-likeness (QED) is 0.844. The van der Waals surface area contributed by atoms with Crippen molar-refractivity contribution in [2.24, 2.45) is 0 Å². The van der Waals surface area contributed by atoms with Gasteiger partial charge in [0.1, 0.15) is 5.60 Å². The van der Waals surface area contributed by atoms with Gasteiger partial charge in [0, 0.05) is 22.0 Å². The van der Waals surface area contributed by atoms with E-state index in [2.05, 4.69) is 0 Å². The van der Waals surface area contributed by atoms with Crippen LogP contribution in [0.2, 0.25) is 10.0 Å². The van der Waals surface area contributed by atoms with Gasteiger partial charge in [0.15, 0.2) is 0 Å². The summed E-state index contributed by atoms with van der Waals surface area (Å²) in [6.45, 7) is 0.283. The minimum atomic E-state index is -0.692. The van der Waals surface area contributed by atoms with E-state index in [1.807, 2.05) is 0 Å². The van der Waals surface area contributed by atoms with Crippen molar-refractivity contribution in [2.75, 3.05) is 12.5 Å². The smallest absolute Gasteiger partial charge is 0.111 e. The zero-order valence-electron chi connectivity index (χ0n) is 8.42. The molecule has 0 aliphatic carbocycles. The molecule has 0 spiro atoms. The number of aliphatic hydroxyl groups excluding tert-OH is 1. The van der Waals surface area contributed by atoms with Gasteiger partial charge >= 0.3 is 0 Å². The normalized spacial score (nSPS) is 29.6. The number of hydrogen-bond donors (Lipinski definition) is 1. The number of benzene rings is 1. The third-order valence-electron chi connectivity index (χ3n) is 2.76. The van der Waals surface area contributed by atoms with E-state index >= 15 is 0 Å². The standard InChI is InChI=1S/C11H11Cl3O2/c12-6-11(4-8(15)5-16-11)9-2-1-7(13)3-10(9)14/h1-3,8,15H,4-6H2. The first-order valence-electron chi connectivity index (χ1n) is 4.91. The molecule has 2 unspecified atom stereocenters. The Morgan fingerprint density at radius 3 is 2.69 bits per heavy atom. The van der Waals surface area contributed by atoms with E-state index in [0.717, 1.165) is 5.56 Å². The van der Waals surface area contributed by atoms with E-state index in [9.17, 15) is 5.11 Å². The summed E-state index contributed by atoms with van der Waals surface area (Å²) in [5.74, 6) is 0.255. The van der Waals surface area contributed by atoms with Crippen molar-refractivity contribution in [3.8, 4) is 0 Å². The number of ether oxygens (including phenoxy) is 1. The number of halogens is 3. The van der Waals surface area contributed by atoms with Crippen molar-refractivity contribution in [1.29, 1.82) is 0 Å². The lowest BCUT2D eigenvalue weighted by atomic mass is 9.92. The lowest BCUT2D eigenvalue weighted by molar-refractivity contribution is 0.0156. The van der Waals surface area contributed by atoms with Crippen molar-refractivity contribution >= 4 is 34.8 Å². The number of alkyl halides is 1. The molecule has 88 valence electrons. The highest BCUT2D eigenvalue weighted by atomic mass is 35.5. The molecule has 1 N–H and O–H groups in total. The van der Waals surface area contributed by atoms with Crippen molar-refractivity contribution in [1.82, 2.24) is 0 Å². The van der Waals surface area contributed by atoms with E-state index in [-0.39, 0.29) is 12.5 Å². The van der Waals surface area contributed by atoms with Crippen molar-refractivity contribution in [3.63, 3.8) is 0 Å². The van der Waals surface area contributed by atoms with Crippen molar-refractivity contribution in [3.05, 3.63) is 33.8 Å². The number of hydrogen-bond acceptors (Lipinski definition) is 2. The average molecular weight is 282 g/mol. The Bertz CT molecular complexity index is 397. The van der Waals surface area contributed by atoms with Gasteiger partial charge in [0.2, 0.25) is 0 Å². The maximum atomic E-state index is 9.55. The Morgan fingerprint density at radius 2 is 2.19 bits per heavy atom. The highest BCUT2D eigenvalue weighted by Crippen LogP contribution is 2.41. The van der Waals surface area contributed by atoms with Gasteiger partial charge in [-0.05, 0) is 12.1 Å². The van der Waals surface area contributed by atoms with E-state index in [0.29, 0.717) is 16.5 Å². The molecule has 1 aliphatic heterocycles. The molecule has 1 heterocycles. The summed E-state index contributed by atoms with van der Waals surface area (Å²) in [7, 11) is 0. The zero-order valence-corrected chi connectivity index (χ0v) is 10.7. The van der Waals surface area contributed by atoms with Crippen LogP contribution in [0.25, 0.3) is 0 Å². The molecular weight excluding hydrogens is 270 g/mol. The molecule has 0 aromatic heterocycles. The molecule has 1 aromatic rings. The topological polar surface area (TPSA) is 29.5 Å². The van der Waals surface area contributed by atoms with Crippen LogP contribution in [0, 0.1) is 0 Å². The second kappa shape index (κ2) is 4.71. The molecule has 1 fully saturated rings. The highest BCUT2D eigenvalue weighted by Gasteiger charge is 2.42. The lowest BCUT2D eigenvalue weighted by Gasteiger charge is -2.27.